The molecular weight excluding hydrogens is 356 g/mol. The Bertz CT molecular complexity index is 1050. The van der Waals surface area contributed by atoms with Gasteiger partial charge in [-0.1, -0.05) is 13.0 Å². The maximum Gasteiger partial charge on any atom is 0.186 e. The Kier molecular flexibility index (Phi) is 4.34. The minimum absolute atomic E-state index is 0.332. The number of halogens is 2. The van der Waals surface area contributed by atoms with Crippen LogP contribution in [0.15, 0.2) is 47.2 Å². The van der Waals surface area contributed by atoms with Crippen LogP contribution in [0, 0.1) is 11.6 Å². The van der Waals surface area contributed by atoms with Crippen LogP contribution < -0.4 is 5.32 Å². The number of aromatic nitrogens is 4. The molecule has 0 bridgehead atoms. The lowest BCUT2D eigenvalue weighted by Crippen LogP contribution is -2.13. The van der Waals surface area contributed by atoms with Crippen LogP contribution in [0.5, 0.6) is 0 Å². The van der Waals surface area contributed by atoms with Crippen LogP contribution in [0.4, 0.5) is 14.6 Å². The molecule has 3 aromatic heterocycles. The van der Waals surface area contributed by atoms with Crippen molar-refractivity contribution in [1.82, 2.24) is 19.8 Å². The van der Waals surface area contributed by atoms with E-state index in [2.05, 4.69) is 20.6 Å². The first kappa shape index (κ1) is 16.6. The maximum atomic E-state index is 14.1. The smallest absolute Gasteiger partial charge is 0.186 e. The predicted octanol–water partition coefficient (Wildman–Crippen LogP) is 4.69. The molecule has 0 aliphatic rings. The Hall–Kier alpha value is -2.87. The molecule has 5 nitrogen and oxygen atoms in total. The molecule has 0 spiro atoms. The standard InChI is InChI=1S/C18H15F2N5S/c1-2-15(13-4-3-12(19)9-14(13)20)21-16-5-6-17-22-23-18(25(17)24-16)11-7-8-26-10-11/h3-10,15H,2H2,1H3,(H,21,24). The molecule has 3 heterocycles. The van der Waals surface area contributed by atoms with Crippen LogP contribution >= 0.6 is 11.3 Å². The molecule has 0 aliphatic heterocycles. The van der Waals surface area contributed by atoms with Gasteiger partial charge in [0.2, 0.25) is 0 Å². The van der Waals surface area contributed by atoms with Crippen molar-refractivity contribution in [3.05, 3.63) is 64.4 Å². The van der Waals surface area contributed by atoms with Gasteiger partial charge in [-0.25, -0.2) is 8.78 Å². The zero-order valence-electron chi connectivity index (χ0n) is 13.9. The Labute approximate surface area is 152 Å². The monoisotopic (exact) mass is 371 g/mol. The lowest BCUT2D eigenvalue weighted by Gasteiger charge is -2.18. The van der Waals surface area contributed by atoms with Crippen LogP contribution in [0.3, 0.4) is 0 Å². The molecule has 0 saturated carbocycles. The van der Waals surface area contributed by atoms with Crippen molar-refractivity contribution >= 4 is 22.8 Å². The third-order valence-corrected chi connectivity index (χ3v) is 4.79. The van der Waals surface area contributed by atoms with E-state index in [1.54, 1.807) is 28.0 Å². The number of nitrogens with zero attached hydrogens (tertiary/aromatic N) is 4. The molecule has 0 aliphatic carbocycles. The molecule has 132 valence electrons. The minimum Gasteiger partial charge on any atom is -0.362 e. The SMILES string of the molecule is CCC(Nc1ccc2nnc(-c3ccsc3)n2n1)c1ccc(F)cc1F. The summed E-state index contributed by atoms with van der Waals surface area (Å²) in [7, 11) is 0. The average molecular weight is 371 g/mol. The van der Waals surface area contributed by atoms with Gasteiger partial charge in [-0.05, 0) is 36.1 Å². The number of benzene rings is 1. The summed E-state index contributed by atoms with van der Waals surface area (Å²) in [6.07, 6.45) is 0.613. The summed E-state index contributed by atoms with van der Waals surface area (Å²) in [5.41, 5.74) is 1.96. The van der Waals surface area contributed by atoms with Gasteiger partial charge in [0, 0.05) is 22.6 Å². The van der Waals surface area contributed by atoms with Gasteiger partial charge >= 0.3 is 0 Å². The highest BCUT2D eigenvalue weighted by atomic mass is 32.1. The van der Waals surface area contributed by atoms with Gasteiger partial charge in [0.25, 0.3) is 0 Å². The lowest BCUT2D eigenvalue weighted by atomic mass is 10.0. The first-order chi connectivity index (χ1) is 12.7. The van der Waals surface area contributed by atoms with E-state index in [4.69, 9.17) is 0 Å². The fourth-order valence-corrected chi connectivity index (χ4v) is 3.43. The van der Waals surface area contributed by atoms with Gasteiger partial charge < -0.3 is 5.32 Å². The fraction of sp³-hybridized carbons (Fsp3) is 0.167. The van der Waals surface area contributed by atoms with Crippen molar-refractivity contribution in [3.8, 4) is 11.4 Å². The Morgan fingerprint density at radius 1 is 1.15 bits per heavy atom. The van der Waals surface area contributed by atoms with E-state index in [-0.39, 0.29) is 6.04 Å². The Morgan fingerprint density at radius 2 is 2.04 bits per heavy atom. The molecule has 0 fully saturated rings. The van der Waals surface area contributed by atoms with E-state index < -0.39 is 11.6 Å². The molecule has 8 heteroatoms. The molecule has 1 atom stereocenters. The first-order valence-corrected chi connectivity index (χ1v) is 9.06. The molecule has 4 aromatic rings. The maximum absolute atomic E-state index is 14.1. The van der Waals surface area contributed by atoms with Gasteiger partial charge in [-0.3, -0.25) is 0 Å². The highest BCUT2D eigenvalue weighted by molar-refractivity contribution is 7.08. The minimum atomic E-state index is -0.592. The third kappa shape index (κ3) is 3.03. The van der Waals surface area contributed by atoms with Crippen molar-refractivity contribution < 1.29 is 8.78 Å². The van der Waals surface area contributed by atoms with E-state index in [0.717, 1.165) is 11.6 Å². The van der Waals surface area contributed by atoms with E-state index in [1.807, 2.05) is 23.8 Å². The van der Waals surface area contributed by atoms with E-state index in [1.165, 1.54) is 12.1 Å². The van der Waals surface area contributed by atoms with Gasteiger partial charge in [0.15, 0.2) is 11.5 Å². The van der Waals surface area contributed by atoms with Crippen molar-refractivity contribution in [1.29, 1.82) is 0 Å². The third-order valence-electron chi connectivity index (χ3n) is 4.11. The van der Waals surface area contributed by atoms with Crippen molar-refractivity contribution in [3.63, 3.8) is 0 Å². The number of anilines is 1. The van der Waals surface area contributed by atoms with Gasteiger partial charge in [0.1, 0.15) is 17.5 Å². The largest absolute Gasteiger partial charge is 0.362 e. The normalized spacial score (nSPS) is 12.4. The summed E-state index contributed by atoms with van der Waals surface area (Å²) in [5.74, 6) is 0.0366. The zero-order chi connectivity index (χ0) is 18.1. The summed E-state index contributed by atoms with van der Waals surface area (Å²) in [6, 6.07) is 8.79. The molecular formula is C18H15F2N5S. The van der Waals surface area contributed by atoms with Gasteiger partial charge in [-0.2, -0.15) is 15.9 Å². The second-order valence-electron chi connectivity index (χ2n) is 5.80. The summed E-state index contributed by atoms with van der Waals surface area (Å²) in [5, 5.41) is 20.0. The molecule has 0 radical (unpaired) electrons. The molecule has 1 unspecified atom stereocenters. The number of hydrogen-bond donors (Lipinski definition) is 1. The lowest BCUT2D eigenvalue weighted by molar-refractivity contribution is 0.558. The molecule has 0 saturated heterocycles. The topological polar surface area (TPSA) is 55.1 Å². The average Bonchev–Trinajstić information content (AvgIpc) is 3.29. The van der Waals surface area contributed by atoms with Crippen LogP contribution in [-0.4, -0.2) is 19.8 Å². The van der Waals surface area contributed by atoms with Crippen molar-refractivity contribution in [2.24, 2.45) is 0 Å². The Balaban J connectivity index is 1.68. The van der Waals surface area contributed by atoms with E-state index >= 15 is 0 Å². The molecule has 4 rings (SSSR count). The Morgan fingerprint density at radius 3 is 2.77 bits per heavy atom. The highest BCUT2D eigenvalue weighted by Gasteiger charge is 2.16. The molecule has 1 N–H and O–H groups in total. The molecule has 26 heavy (non-hydrogen) atoms. The number of rotatable bonds is 5. The second kappa shape index (κ2) is 6.80. The van der Waals surface area contributed by atoms with Crippen LogP contribution in [-0.2, 0) is 0 Å². The summed E-state index contributed by atoms with van der Waals surface area (Å²) >= 11 is 1.57. The number of nitrogens with one attached hydrogen (secondary N) is 1. The number of hydrogen-bond acceptors (Lipinski definition) is 5. The zero-order valence-corrected chi connectivity index (χ0v) is 14.7. The highest BCUT2D eigenvalue weighted by Crippen LogP contribution is 2.26. The predicted molar refractivity (Wildman–Crippen MR) is 97.1 cm³/mol. The van der Waals surface area contributed by atoms with Crippen molar-refractivity contribution in [2.45, 2.75) is 19.4 Å². The first-order valence-electron chi connectivity index (χ1n) is 8.12. The van der Waals surface area contributed by atoms with Gasteiger partial charge in [-0.15, -0.1) is 15.3 Å². The summed E-state index contributed by atoms with van der Waals surface area (Å²) < 4.78 is 28.9. The van der Waals surface area contributed by atoms with Gasteiger partial charge in [0.05, 0.1) is 6.04 Å². The number of thiophene rings is 1. The van der Waals surface area contributed by atoms with Crippen molar-refractivity contribution in [2.75, 3.05) is 5.32 Å². The quantitative estimate of drug-likeness (QED) is 0.553. The van der Waals surface area contributed by atoms with Crippen LogP contribution in [0.2, 0.25) is 0 Å². The number of fused-ring (bicyclic) bond motifs is 1. The molecule has 0 amide bonds. The van der Waals surface area contributed by atoms with E-state index in [0.29, 0.717) is 29.3 Å². The van der Waals surface area contributed by atoms with Crippen LogP contribution in [0.1, 0.15) is 24.9 Å². The fourth-order valence-electron chi connectivity index (χ4n) is 2.80. The molecule has 1 aromatic carbocycles. The second-order valence-corrected chi connectivity index (χ2v) is 6.58. The van der Waals surface area contributed by atoms with E-state index in [9.17, 15) is 8.78 Å². The summed E-state index contributed by atoms with van der Waals surface area (Å²) in [4.78, 5) is 0. The summed E-state index contributed by atoms with van der Waals surface area (Å²) in [6.45, 7) is 1.93. The van der Waals surface area contributed by atoms with Crippen LogP contribution in [0.25, 0.3) is 17.0 Å².